The third-order valence-electron chi connectivity index (χ3n) is 0.580. The van der Waals surface area contributed by atoms with E-state index >= 15 is 0 Å². The monoisotopic (exact) mass is 113 g/mol. The molecule has 0 amide bonds. The number of nitrogens with zero attached hydrogens (tertiary/aromatic N) is 1. The molecule has 0 saturated carbocycles. The number of hydrogen-bond donors (Lipinski definition) is 2. The normalized spacial score (nSPS) is 13.6. The van der Waals surface area contributed by atoms with Crippen molar-refractivity contribution >= 4 is 0 Å². The first-order valence-corrected chi connectivity index (χ1v) is 2.16. The Hall–Kier alpha value is -0.850. The van der Waals surface area contributed by atoms with Crippen LogP contribution in [0.3, 0.4) is 0 Å². The second-order valence-electron chi connectivity index (χ2n) is 1.24. The first kappa shape index (κ1) is 7.15. The van der Waals surface area contributed by atoms with E-state index in [-0.39, 0.29) is 6.61 Å². The van der Waals surface area contributed by atoms with Crippen LogP contribution in [0, 0.1) is 11.3 Å². The lowest BCUT2D eigenvalue weighted by atomic mass is 10.3. The van der Waals surface area contributed by atoms with Crippen molar-refractivity contribution in [3.8, 4) is 6.07 Å². The van der Waals surface area contributed by atoms with E-state index in [9.17, 15) is 0 Å². The van der Waals surface area contributed by atoms with Gasteiger partial charge in [-0.05, 0) is 6.08 Å². The average molecular weight is 113 g/mol. The average Bonchev–Trinajstić information content (AvgIpc) is 1.83. The second kappa shape index (κ2) is 4.31. The molecule has 1 atom stereocenters. The third-order valence-corrected chi connectivity index (χ3v) is 0.580. The van der Waals surface area contributed by atoms with Crippen LogP contribution >= 0.6 is 0 Å². The first-order valence-electron chi connectivity index (χ1n) is 2.16. The number of rotatable bonds is 2. The van der Waals surface area contributed by atoms with Gasteiger partial charge in [-0.15, -0.1) is 0 Å². The Bertz CT molecular complexity index is 114. The molecular formula is C5H7NO2. The van der Waals surface area contributed by atoms with Gasteiger partial charge in [-0.2, -0.15) is 5.26 Å². The standard InChI is InChI=1S/C5H7NO2/c6-3-1-2-5(8)4-7/h1-2,5,7-8H,4H2. The Balaban J connectivity index is 3.40. The van der Waals surface area contributed by atoms with Crippen LogP contribution in [0.25, 0.3) is 0 Å². The summed E-state index contributed by atoms with van der Waals surface area (Å²) in [5.41, 5.74) is 0. The lowest BCUT2D eigenvalue weighted by Crippen LogP contribution is -2.06. The Morgan fingerprint density at radius 2 is 2.38 bits per heavy atom. The molecule has 1 unspecified atom stereocenters. The molecule has 44 valence electrons. The van der Waals surface area contributed by atoms with Gasteiger partial charge in [-0.3, -0.25) is 0 Å². The van der Waals surface area contributed by atoms with Crippen molar-refractivity contribution in [3.05, 3.63) is 12.2 Å². The van der Waals surface area contributed by atoms with Crippen LogP contribution in [0.4, 0.5) is 0 Å². The zero-order valence-electron chi connectivity index (χ0n) is 4.28. The summed E-state index contributed by atoms with van der Waals surface area (Å²) in [6.07, 6.45) is 1.45. The van der Waals surface area contributed by atoms with Gasteiger partial charge in [-0.1, -0.05) is 0 Å². The maximum atomic E-state index is 8.50. The molecule has 3 nitrogen and oxygen atoms in total. The van der Waals surface area contributed by atoms with Gasteiger partial charge >= 0.3 is 0 Å². The first-order chi connectivity index (χ1) is 3.81. The van der Waals surface area contributed by atoms with Crippen molar-refractivity contribution < 1.29 is 10.2 Å². The molecule has 0 aliphatic carbocycles. The van der Waals surface area contributed by atoms with Crippen molar-refractivity contribution in [2.75, 3.05) is 6.61 Å². The molecule has 0 spiro atoms. The summed E-state index contributed by atoms with van der Waals surface area (Å²) in [5.74, 6) is 0. The second-order valence-corrected chi connectivity index (χ2v) is 1.24. The Morgan fingerprint density at radius 3 is 2.75 bits per heavy atom. The highest BCUT2D eigenvalue weighted by Crippen LogP contribution is 1.80. The van der Waals surface area contributed by atoms with Gasteiger partial charge in [0, 0.05) is 6.08 Å². The van der Waals surface area contributed by atoms with Crippen molar-refractivity contribution in [3.63, 3.8) is 0 Å². The Morgan fingerprint density at radius 1 is 1.75 bits per heavy atom. The topological polar surface area (TPSA) is 64.2 Å². The van der Waals surface area contributed by atoms with Crippen molar-refractivity contribution in [2.24, 2.45) is 0 Å². The quantitative estimate of drug-likeness (QED) is 0.471. The van der Waals surface area contributed by atoms with Crippen LogP contribution < -0.4 is 0 Å². The highest BCUT2D eigenvalue weighted by molar-refractivity contribution is 5.04. The van der Waals surface area contributed by atoms with E-state index in [0.29, 0.717) is 0 Å². The molecule has 0 rings (SSSR count). The van der Waals surface area contributed by atoms with Gasteiger partial charge in [0.1, 0.15) is 0 Å². The summed E-state index contributed by atoms with van der Waals surface area (Å²) in [7, 11) is 0. The van der Waals surface area contributed by atoms with E-state index in [1.54, 1.807) is 6.07 Å². The van der Waals surface area contributed by atoms with Gasteiger partial charge in [-0.25, -0.2) is 0 Å². The molecule has 3 heteroatoms. The van der Waals surface area contributed by atoms with Gasteiger partial charge in [0.2, 0.25) is 0 Å². The minimum Gasteiger partial charge on any atom is -0.393 e. The molecule has 0 heterocycles. The van der Waals surface area contributed by atoms with Crippen LogP contribution in [-0.4, -0.2) is 22.9 Å². The lowest BCUT2D eigenvalue weighted by molar-refractivity contribution is 0.131. The largest absolute Gasteiger partial charge is 0.393 e. The minimum atomic E-state index is -0.894. The molecule has 0 aliphatic heterocycles. The SMILES string of the molecule is N#CC=CC(O)CO. The number of nitriles is 1. The maximum absolute atomic E-state index is 8.50. The van der Waals surface area contributed by atoms with Crippen molar-refractivity contribution in [1.29, 1.82) is 5.26 Å². The van der Waals surface area contributed by atoms with Crippen LogP contribution in [0.2, 0.25) is 0 Å². The molecular weight excluding hydrogens is 106 g/mol. The molecule has 8 heavy (non-hydrogen) atoms. The van der Waals surface area contributed by atoms with Crippen molar-refractivity contribution in [1.82, 2.24) is 0 Å². The van der Waals surface area contributed by atoms with Gasteiger partial charge in [0.05, 0.1) is 18.8 Å². The minimum absolute atomic E-state index is 0.335. The Kier molecular flexibility index (Phi) is 3.85. The molecule has 0 aromatic carbocycles. The Labute approximate surface area is 47.5 Å². The van der Waals surface area contributed by atoms with E-state index in [4.69, 9.17) is 15.5 Å². The summed E-state index contributed by atoms with van der Waals surface area (Å²) in [6, 6.07) is 1.68. The third kappa shape index (κ3) is 3.34. The summed E-state index contributed by atoms with van der Waals surface area (Å²) in [5, 5.41) is 24.5. The fourth-order valence-corrected chi connectivity index (χ4v) is 0.215. The number of hydrogen-bond acceptors (Lipinski definition) is 3. The zero-order chi connectivity index (χ0) is 6.41. The zero-order valence-corrected chi connectivity index (χ0v) is 4.28. The number of aliphatic hydroxyl groups excluding tert-OH is 2. The molecule has 0 aromatic rings. The van der Waals surface area contributed by atoms with Crippen molar-refractivity contribution in [2.45, 2.75) is 6.10 Å². The van der Waals surface area contributed by atoms with E-state index in [2.05, 4.69) is 0 Å². The molecule has 2 N–H and O–H groups in total. The molecule has 0 radical (unpaired) electrons. The molecule has 0 saturated heterocycles. The van der Waals surface area contributed by atoms with E-state index < -0.39 is 6.10 Å². The van der Waals surface area contributed by atoms with Gasteiger partial charge < -0.3 is 10.2 Å². The summed E-state index contributed by atoms with van der Waals surface area (Å²) in [4.78, 5) is 0. The fraction of sp³-hybridized carbons (Fsp3) is 0.400. The maximum Gasteiger partial charge on any atom is 0.0961 e. The molecule has 0 fully saturated rings. The molecule has 0 aromatic heterocycles. The van der Waals surface area contributed by atoms with E-state index in [1.165, 1.54) is 6.08 Å². The summed E-state index contributed by atoms with van der Waals surface area (Å²) >= 11 is 0. The highest BCUT2D eigenvalue weighted by atomic mass is 16.3. The summed E-state index contributed by atoms with van der Waals surface area (Å²) in [6.45, 7) is -0.335. The van der Waals surface area contributed by atoms with Crippen LogP contribution in [0.5, 0.6) is 0 Å². The van der Waals surface area contributed by atoms with E-state index in [1.807, 2.05) is 0 Å². The van der Waals surface area contributed by atoms with Crippen LogP contribution in [0.15, 0.2) is 12.2 Å². The van der Waals surface area contributed by atoms with Crippen LogP contribution in [-0.2, 0) is 0 Å². The lowest BCUT2D eigenvalue weighted by Gasteiger charge is -1.93. The molecule has 0 aliphatic rings. The fourth-order valence-electron chi connectivity index (χ4n) is 0.215. The van der Waals surface area contributed by atoms with Gasteiger partial charge in [0.25, 0.3) is 0 Å². The predicted octanol–water partition coefficient (Wildman–Crippen LogP) is -0.581. The predicted molar refractivity (Wildman–Crippen MR) is 27.8 cm³/mol. The molecule has 0 bridgehead atoms. The van der Waals surface area contributed by atoms with Gasteiger partial charge in [0.15, 0.2) is 0 Å². The highest BCUT2D eigenvalue weighted by Gasteiger charge is 1.90. The number of aliphatic hydroxyl groups is 2. The van der Waals surface area contributed by atoms with Crippen LogP contribution in [0.1, 0.15) is 0 Å². The summed E-state index contributed by atoms with van der Waals surface area (Å²) < 4.78 is 0. The smallest absolute Gasteiger partial charge is 0.0961 e. The number of allylic oxidation sites excluding steroid dienone is 1. The van der Waals surface area contributed by atoms with E-state index in [0.717, 1.165) is 6.08 Å².